The number of thiazole rings is 1. The average Bonchev–Trinajstić information content (AvgIpc) is 3.11. The number of nitrogens with one attached hydrogen (secondary N) is 2. The highest BCUT2D eigenvalue weighted by Gasteiger charge is 2.26. The van der Waals surface area contributed by atoms with Gasteiger partial charge in [-0.3, -0.25) is 14.4 Å². The molecule has 162 valence electrons. The first-order valence-corrected chi connectivity index (χ1v) is 11.3. The predicted molar refractivity (Wildman–Crippen MR) is 130 cm³/mol. The van der Waals surface area contributed by atoms with Crippen molar-refractivity contribution in [3.63, 3.8) is 0 Å². The maximum absolute atomic E-state index is 13.3. The second-order valence-electron chi connectivity index (χ2n) is 7.01. The topological polar surface area (TPSA) is 92.6 Å². The molecule has 0 fully saturated rings. The van der Waals surface area contributed by atoms with Crippen molar-refractivity contribution >= 4 is 62.1 Å². The number of halogens is 2. The number of carbonyl (C=O) groups is 2. The normalized spacial score (nSPS) is 10.9. The third-order valence-electron chi connectivity index (χ3n) is 4.61. The van der Waals surface area contributed by atoms with Crippen molar-refractivity contribution in [2.45, 2.75) is 13.8 Å². The molecule has 4 rings (SSSR count). The Morgan fingerprint density at radius 2 is 1.75 bits per heavy atom. The van der Waals surface area contributed by atoms with Crippen LogP contribution in [-0.2, 0) is 0 Å². The highest BCUT2D eigenvalue weighted by atomic mass is 127. The molecule has 0 atom stereocenters. The van der Waals surface area contributed by atoms with Crippen LogP contribution in [0.2, 0.25) is 0 Å². The lowest BCUT2D eigenvalue weighted by Crippen LogP contribution is -2.25. The van der Waals surface area contributed by atoms with Crippen LogP contribution in [0.5, 0.6) is 0 Å². The summed E-state index contributed by atoms with van der Waals surface area (Å²) < 4.78 is 15.3. The van der Waals surface area contributed by atoms with E-state index >= 15 is 0 Å². The molecule has 0 aliphatic heterocycles. The Kier molecular flexibility index (Phi) is 6.07. The van der Waals surface area contributed by atoms with E-state index in [1.165, 1.54) is 30.3 Å². The van der Waals surface area contributed by atoms with Crippen LogP contribution in [0.3, 0.4) is 0 Å². The number of carbonyl (C=O) groups excluding carboxylic acids is 2. The van der Waals surface area contributed by atoms with E-state index in [-0.39, 0.29) is 15.5 Å². The quantitative estimate of drug-likeness (QED) is 0.355. The van der Waals surface area contributed by atoms with Gasteiger partial charge in [-0.05, 0) is 84.5 Å². The van der Waals surface area contributed by atoms with Crippen molar-refractivity contribution in [3.8, 4) is 0 Å². The van der Waals surface area contributed by atoms with E-state index in [2.05, 4.69) is 38.2 Å². The molecule has 2 N–H and O–H groups in total. The van der Waals surface area contributed by atoms with Gasteiger partial charge >= 0.3 is 0 Å². The summed E-state index contributed by atoms with van der Waals surface area (Å²) >= 11 is 3.10. The molecular weight excluding hydrogens is 546 g/mol. The highest BCUT2D eigenvalue weighted by molar-refractivity contribution is 14.1. The Labute approximate surface area is 199 Å². The minimum Gasteiger partial charge on any atom is -0.321 e. The second kappa shape index (κ2) is 8.79. The monoisotopic (exact) mass is 562 g/mol. The molecule has 0 aliphatic carbocycles. The molecule has 2 heterocycles. The molecule has 0 unspecified atom stereocenters. The van der Waals surface area contributed by atoms with Crippen molar-refractivity contribution in [2.24, 2.45) is 0 Å². The van der Waals surface area contributed by atoms with Crippen LogP contribution in [0, 0.1) is 23.2 Å². The first kappa shape index (κ1) is 22.1. The summed E-state index contributed by atoms with van der Waals surface area (Å²) in [6, 6.07) is 12.0. The number of hydrogen-bond acceptors (Lipinski definition) is 5. The van der Waals surface area contributed by atoms with Gasteiger partial charge in [0, 0.05) is 26.7 Å². The second-order valence-corrected chi connectivity index (χ2v) is 9.23. The first-order valence-electron chi connectivity index (χ1n) is 9.40. The molecule has 2 aromatic carbocycles. The van der Waals surface area contributed by atoms with E-state index in [4.69, 9.17) is 0 Å². The Bertz CT molecular complexity index is 1430. The van der Waals surface area contributed by atoms with Gasteiger partial charge in [0.1, 0.15) is 16.4 Å². The fraction of sp³-hybridized carbons (Fsp3) is 0.0909. The number of fused-ring (bicyclic) bond motifs is 1. The van der Waals surface area contributed by atoms with Crippen molar-refractivity contribution < 1.29 is 14.0 Å². The summed E-state index contributed by atoms with van der Waals surface area (Å²) in [7, 11) is 0. The Balaban J connectivity index is 1.80. The minimum atomic E-state index is -0.613. The third kappa shape index (κ3) is 4.41. The van der Waals surface area contributed by atoms with E-state index in [0.29, 0.717) is 17.1 Å². The van der Waals surface area contributed by atoms with Crippen molar-refractivity contribution in [2.75, 3.05) is 10.6 Å². The average molecular weight is 562 g/mol. The smallest absolute Gasteiger partial charge is 0.274 e. The number of nitrogens with zero attached hydrogens (tertiary/aromatic N) is 2. The summed E-state index contributed by atoms with van der Waals surface area (Å²) in [6.45, 7) is 3.51. The molecule has 0 aliphatic rings. The molecular formula is C22H16FIN4O3S. The van der Waals surface area contributed by atoms with E-state index in [1.54, 1.807) is 13.0 Å². The molecule has 10 heteroatoms. The van der Waals surface area contributed by atoms with Crippen LogP contribution in [0.25, 0.3) is 4.96 Å². The summed E-state index contributed by atoms with van der Waals surface area (Å²) in [5.74, 6) is -1.66. The van der Waals surface area contributed by atoms with E-state index in [1.807, 2.05) is 19.1 Å². The minimum absolute atomic E-state index is 0.0187. The predicted octanol–water partition coefficient (Wildman–Crippen LogP) is 4.62. The molecule has 2 amide bonds. The van der Waals surface area contributed by atoms with E-state index in [0.717, 1.165) is 24.9 Å². The van der Waals surface area contributed by atoms with E-state index < -0.39 is 23.2 Å². The van der Waals surface area contributed by atoms with Gasteiger partial charge in [-0.1, -0.05) is 11.3 Å². The molecule has 2 aromatic heterocycles. The molecule has 4 aromatic rings. The van der Waals surface area contributed by atoms with Crippen LogP contribution in [0.4, 0.5) is 15.8 Å². The zero-order chi connectivity index (χ0) is 23.0. The maximum atomic E-state index is 13.3. The Morgan fingerprint density at radius 1 is 1.03 bits per heavy atom. The lowest BCUT2D eigenvalue weighted by molar-refractivity contribution is 0.0989. The zero-order valence-corrected chi connectivity index (χ0v) is 19.9. The standard InChI is InChI=1S/C22H16FIN4O3S/c1-11-9-14(24)5-8-16(11)27-20(30)18-19(21(31)26-15-6-3-13(23)4-7-15)32-22-25-12(2)10-17(29)28(18)22/h3-10H,1-2H3,(H,26,31)(H,27,30). The van der Waals surface area contributed by atoms with Crippen LogP contribution in [0.15, 0.2) is 53.3 Å². The summed E-state index contributed by atoms with van der Waals surface area (Å²) in [5.41, 5.74) is 1.65. The van der Waals surface area contributed by atoms with Crippen molar-refractivity contribution in [3.05, 3.63) is 90.1 Å². The third-order valence-corrected chi connectivity index (χ3v) is 6.32. The van der Waals surface area contributed by atoms with Gasteiger partial charge in [0.15, 0.2) is 4.96 Å². The van der Waals surface area contributed by atoms with Gasteiger partial charge in [0.2, 0.25) is 0 Å². The van der Waals surface area contributed by atoms with Crippen LogP contribution in [0.1, 0.15) is 31.4 Å². The number of aryl methyl sites for hydroxylation is 2. The van der Waals surface area contributed by atoms with Gasteiger partial charge in [-0.25, -0.2) is 13.8 Å². The number of rotatable bonds is 4. The van der Waals surface area contributed by atoms with Crippen LogP contribution in [-0.4, -0.2) is 21.2 Å². The molecule has 0 saturated carbocycles. The molecule has 0 bridgehead atoms. The van der Waals surface area contributed by atoms with E-state index in [9.17, 15) is 18.8 Å². The number of amides is 2. The van der Waals surface area contributed by atoms with Crippen molar-refractivity contribution in [1.82, 2.24) is 9.38 Å². The van der Waals surface area contributed by atoms with Gasteiger partial charge in [-0.15, -0.1) is 0 Å². The first-order chi connectivity index (χ1) is 15.2. The number of hydrogen-bond donors (Lipinski definition) is 2. The zero-order valence-electron chi connectivity index (χ0n) is 16.9. The van der Waals surface area contributed by atoms with Gasteiger partial charge in [0.05, 0.1) is 0 Å². The molecule has 0 spiro atoms. The lowest BCUT2D eigenvalue weighted by Gasteiger charge is -2.10. The number of benzene rings is 2. The fourth-order valence-electron chi connectivity index (χ4n) is 3.11. The molecule has 0 radical (unpaired) electrons. The Morgan fingerprint density at radius 3 is 2.44 bits per heavy atom. The van der Waals surface area contributed by atoms with Gasteiger partial charge in [0.25, 0.3) is 17.4 Å². The molecule has 0 saturated heterocycles. The van der Waals surface area contributed by atoms with Crippen molar-refractivity contribution in [1.29, 1.82) is 0 Å². The molecule has 7 nitrogen and oxygen atoms in total. The summed E-state index contributed by atoms with van der Waals surface area (Å²) in [5, 5.41) is 5.43. The van der Waals surface area contributed by atoms with Crippen LogP contribution < -0.4 is 16.2 Å². The number of aromatic nitrogens is 2. The Hall–Kier alpha value is -3.12. The molecule has 32 heavy (non-hydrogen) atoms. The van der Waals surface area contributed by atoms with Gasteiger partial charge < -0.3 is 10.6 Å². The summed E-state index contributed by atoms with van der Waals surface area (Å²) in [6.07, 6.45) is 0. The lowest BCUT2D eigenvalue weighted by atomic mass is 10.2. The summed E-state index contributed by atoms with van der Waals surface area (Å²) in [4.78, 5) is 43.5. The number of anilines is 2. The van der Waals surface area contributed by atoms with Crippen LogP contribution >= 0.6 is 33.9 Å². The fourth-order valence-corrected chi connectivity index (χ4v) is 4.83. The largest absolute Gasteiger partial charge is 0.321 e. The SMILES string of the molecule is Cc1cc(=O)n2c(C(=O)Nc3ccc(I)cc3C)c(C(=O)Nc3ccc(F)cc3)sc2n1. The maximum Gasteiger partial charge on any atom is 0.274 e. The van der Waals surface area contributed by atoms with Gasteiger partial charge in [-0.2, -0.15) is 0 Å². The highest BCUT2D eigenvalue weighted by Crippen LogP contribution is 2.25.